The molecule has 0 fully saturated rings. The minimum Gasteiger partial charge on any atom is -0.454 e. The van der Waals surface area contributed by atoms with Gasteiger partial charge in [0.15, 0.2) is 17.2 Å². The highest BCUT2D eigenvalue weighted by atomic mass is 16.7. The van der Waals surface area contributed by atoms with Gasteiger partial charge in [0.2, 0.25) is 12.2 Å². The lowest BCUT2D eigenvalue weighted by Gasteiger charge is -2.09. The number of nitrogens with one attached hydrogen (secondary N) is 1. The van der Waals surface area contributed by atoms with Crippen molar-refractivity contribution < 1.29 is 14.3 Å². The maximum Gasteiger partial charge on any atom is 0.276 e. The van der Waals surface area contributed by atoms with Gasteiger partial charge in [0.1, 0.15) is 0 Å². The van der Waals surface area contributed by atoms with Gasteiger partial charge < -0.3 is 14.8 Å². The first-order valence-corrected chi connectivity index (χ1v) is 8.17. The first-order chi connectivity index (χ1) is 12.5. The largest absolute Gasteiger partial charge is 0.454 e. The van der Waals surface area contributed by atoms with Crippen LogP contribution in [-0.4, -0.2) is 22.5 Å². The zero-order chi connectivity index (χ0) is 18.3. The number of amides is 1. The van der Waals surface area contributed by atoms with Crippen molar-refractivity contribution in [3.63, 3.8) is 0 Å². The molecule has 0 bridgehead atoms. The Morgan fingerprint density at radius 1 is 1.19 bits per heavy atom. The minimum absolute atomic E-state index is 0.119. The van der Waals surface area contributed by atoms with E-state index >= 15 is 0 Å². The van der Waals surface area contributed by atoms with Crippen molar-refractivity contribution in [3.8, 4) is 11.5 Å². The van der Waals surface area contributed by atoms with Crippen LogP contribution >= 0.6 is 0 Å². The molecular weight excluding hydrogens is 334 g/mol. The summed E-state index contributed by atoms with van der Waals surface area (Å²) in [6.07, 6.45) is 0. The molecule has 1 amide bonds. The number of ether oxygens (including phenoxy) is 2. The van der Waals surface area contributed by atoms with E-state index in [1.807, 2.05) is 25.1 Å². The Morgan fingerprint density at radius 2 is 2.00 bits per heavy atom. The number of hydrogen-bond acceptors (Lipinski definition) is 5. The third-order valence-corrected chi connectivity index (χ3v) is 4.32. The monoisotopic (exact) mass is 351 g/mol. The average Bonchev–Trinajstić information content (AvgIpc) is 3.10. The van der Waals surface area contributed by atoms with Crippen LogP contribution in [0.3, 0.4) is 0 Å². The lowest BCUT2D eigenvalue weighted by atomic mass is 10.1. The molecule has 4 rings (SSSR count). The predicted octanol–water partition coefficient (Wildman–Crippen LogP) is 1.90. The first kappa shape index (κ1) is 16.1. The fourth-order valence-corrected chi connectivity index (χ4v) is 2.96. The van der Waals surface area contributed by atoms with E-state index in [2.05, 4.69) is 10.4 Å². The molecule has 0 spiro atoms. The molecular formula is C19H17N3O4. The fraction of sp³-hybridized carbons (Fsp3) is 0.211. The number of aryl methyl sites for hydroxylation is 2. The van der Waals surface area contributed by atoms with E-state index in [9.17, 15) is 9.59 Å². The van der Waals surface area contributed by atoms with Crippen LogP contribution in [0.15, 0.2) is 41.2 Å². The van der Waals surface area contributed by atoms with Gasteiger partial charge in [-0.05, 0) is 36.8 Å². The molecule has 2 heterocycles. The zero-order valence-corrected chi connectivity index (χ0v) is 14.4. The predicted molar refractivity (Wildman–Crippen MR) is 95.5 cm³/mol. The molecule has 7 nitrogen and oxygen atoms in total. The molecule has 7 heteroatoms. The van der Waals surface area contributed by atoms with Crippen molar-refractivity contribution in [2.24, 2.45) is 7.05 Å². The molecule has 1 aliphatic rings. The summed E-state index contributed by atoms with van der Waals surface area (Å²) in [6.45, 7) is 2.35. The highest BCUT2D eigenvalue weighted by Gasteiger charge is 2.17. The second-order valence-corrected chi connectivity index (χ2v) is 6.19. The van der Waals surface area contributed by atoms with E-state index in [0.29, 0.717) is 22.4 Å². The molecule has 3 aromatic rings. The normalized spacial score (nSPS) is 12.4. The fourth-order valence-electron chi connectivity index (χ4n) is 2.96. The first-order valence-electron chi connectivity index (χ1n) is 8.17. The van der Waals surface area contributed by atoms with E-state index < -0.39 is 5.91 Å². The highest BCUT2D eigenvalue weighted by molar-refractivity contribution is 5.95. The Hall–Kier alpha value is -3.35. The van der Waals surface area contributed by atoms with E-state index in [1.54, 1.807) is 29.9 Å². The summed E-state index contributed by atoms with van der Waals surface area (Å²) in [5.41, 5.74) is 1.99. The Labute approximate surface area is 149 Å². The third kappa shape index (κ3) is 2.77. The van der Waals surface area contributed by atoms with Crippen molar-refractivity contribution in [1.82, 2.24) is 15.1 Å². The van der Waals surface area contributed by atoms with Crippen LogP contribution in [0.2, 0.25) is 0 Å². The number of nitrogens with zero attached hydrogens (tertiary/aromatic N) is 2. The Balaban J connectivity index is 1.60. The maximum absolute atomic E-state index is 12.7. The van der Waals surface area contributed by atoms with Crippen LogP contribution in [-0.2, 0) is 13.6 Å². The second kappa shape index (κ2) is 6.18. The van der Waals surface area contributed by atoms with Gasteiger partial charge >= 0.3 is 0 Å². The summed E-state index contributed by atoms with van der Waals surface area (Å²) in [5, 5.41) is 7.37. The van der Waals surface area contributed by atoms with Crippen LogP contribution in [0.25, 0.3) is 10.9 Å². The number of carbonyl (C=O) groups is 1. The molecule has 132 valence electrons. The molecule has 0 saturated heterocycles. The van der Waals surface area contributed by atoms with Gasteiger partial charge in [0.25, 0.3) is 5.91 Å². The lowest BCUT2D eigenvalue weighted by Crippen LogP contribution is -2.31. The van der Waals surface area contributed by atoms with E-state index in [1.165, 1.54) is 0 Å². The molecule has 0 aliphatic carbocycles. The molecule has 2 aromatic carbocycles. The number of aromatic nitrogens is 2. The number of rotatable bonds is 3. The number of hydrogen-bond donors (Lipinski definition) is 1. The molecule has 1 aliphatic heterocycles. The van der Waals surface area contributed by atoms with Gasteiger partial charge in [-0.15, -0.1) is 0 Å². The summed E-state index contributed by atoms with van der Waals surface area (Å²) in [6, 6.07) is 10.9. The van der Waals surface area contributed by atoms with Crippen molar-refractivity contribution in [3.05, 3.63) is 63.4 Å². The molecule has 26 heavy (non-hydrogen) atoms. The number of carbonyl (C=O) groups excluding carboxylic acids is 1. The van der Waals surface area contributed by atoms with Gasteiger partial charge in [-0.1, -0.05) is 17.7 Å². The van der Waals surface area contributed by atoms with Crippen LogP contribution < -0.4 is 20.2 Å². The average molecular weight is 351 g/mol. The summed E-state index contributed by atoms with van der Waals surface area (Å²) in [5.74, 6) is 0.819. The lowest BCUT2D eigenvalue weighted by molar-refractivity contribution is 0.0943. The van der Waals surface area contributed by atoms with Crippen molar-refractivity contribution in [2.75, 3.05) is 6.79 Å². The molecule has 0 atom stereocenters. The van der Waals surface area contributed by atoms with Gasteiger partial charge in [-0.3, -0.25) is 14.3 Å². The molecule has 0 unspecified atom stereocenters. The van der Waals surface area contributed by atoms with E-state index in [0.717, 1.165) is 11.1 Å². The minimum atomic E-state index is -0.508. The quantitative estimate of drug-likeness (QED) is 0.779. The standard InChI is InChI=1S/C19H17N3O4/c1-11-3-5-14-13(7-11)18(23)17(21-22(14)2)19(24)20-9-12-4-6-15-16(8-12)26-10-25-15/h3-8H,9-10H2,1-2H3,(H,20,24). The molecule has 0 saturated carbocycles. The molecule has 0 radical (unpaired) electrons. The van der Waals surface area contributed by atoms with Crippen molar-refractivity contribution in [2.45, 2.75) is 13.5 Å². The Kier molecular flexibility index (Phi) is 3.84. The molecule has 1 aromatic heterocycles. The van der Waals surface area contributed by atoms with E-state index in [-0.39, 0.29) is 24.5 Å². The zero-order valence-electron chi connectivity index (χ0n) is 14.4. The Morgan fingerprint density at radius 3 is 2.85 bits per heavy atom. The number of benzene rings is 2. The van der Waals surface area contributed by atoms with Crippen LogP contribution in [0.1, 0.15) is 21.6 Å². The van der Waals surface area contributed by atoms with E-state index in [4.69, 9.17) is 9.47 Å². The van der Waals surface area contributed by atoms with Gasteiger partial charge in [-0.25, -0.2) is 0 Å². The smallest absolute Gasteiger partial charge is 0.276 e. The van der Waals surface area contributed by atoms with Gasteiger partial charge in [0.05, 0.1) is 10.9 Å². The summed E-state index contributed by atoms with van der Waals surface area (Å²) in [7, 11) is 1.71. The topological polar surface area (TPSA) is 82.5 Å². The summed E-state index contributed by atoms with van der Waals surface area (Å²) < 4.78 is 12.1. The summed E-state index contributed by atoms with van der Waals surface area (Å²) in [4.78, 5) is 25.2. The van der Waals surface area contributed by atoms with Gasteiger partial charge in [-0.2, -0.15) is 5.10 Å². The van der Waals surface area contributed by atoms with Crippen LogP contribution in [0, 0.1) is 6.92 Å². The van der Waals surface area contributed by atoms with Crippen LogP contribution in [0.4, 0.5) is 0 Å². The maximum atomic E-state index is 12.7. The number of fused-ring (bicyclic) bond motifs is 2. The van der Waals surface area contributed by atoms with Crippen molar-refractivity contribution in [1.29, 1.82) is 0 Å². The Bertz CT molecular complexity index is 1090. The highest BCUT2D eigenvalue weighted by Crippen LogP contribution is 2.32. The third-order valence-electron chi connectivity index (χ3n) is 4.32. The SMILES string of the molecule is Cc1ccc2c(c1)c(=O)c(C(=O)NCc1ccc3c(c1)OCO3)nn2C. The van der Waals surface area contributed by atoms with Gasteiger partial charge in [0, 0.05) is 13.6 Å². The van der Waals surface area contributed by atoms with Crippen LogP contribution in [0.5, 0.6) is 11.5 Å². The summed E-state index contributed by atoms with van der Waals surface area (Å²) >= 11 is 0. The molecule has 1 N–H and O–H groups in total. The second-order valence-electron chi connectivity index (χ2n) is 6.19. The van der Waals surface area contributed by atoms with Crippen molar-refractivity contribution >= 4 is 16.8 Å².